The molecule has 0 atom stereocenters. The van der Waals surface area contributed by atoms with Crippen molar-refractivity contribution < 1.29 is 4.79 Å². The fourth-order valence-corrected chi connectivity index (χ4v) is 6.44. The van der Waals surface area contributed by atoms with Gasteiger partial charge in [0.05, 0.1) is 0 Å². The standard InChI is InChI=1S/C20H18NOP/c1-17(22)21-23(18-11-5-2-6-12-18,19-13-7-3-8-14-19)20-15-9-4-10-16-20/h2-16H,1H3/p+1. The van der Waals surface area contributed by atoms with Crippen LogP contribution in [0.15, 0.2) is 91.0 Å². The van der Waals surface area contributed by atoms with Gasteiger partial charge in [0.15, 0.2) is 0 Å². The highest BCUT2D eigenvalue weighted by molar-refractivity contribution is 7.94. The Labute approximate surface area is 137 Å². The highest BCUT2D eigenvalue weighted by atomic mass is 31.2. The van der Waals surface area contributed by atoms with E-state index in [1.807, 2.05) is 54.6 Å². The molecule has 0 saturated heterocycles. The lowest BCUT2D eigenvalue weighted by Crippen LogP contribution is -2.42. The van der Waals surface area contributed by atoms with Gasteiger partial charge in [-0.1, -0.05) is 54.6 Å². The molecule has 23 heavy (non-hydrogen) atoms. The molecule has 0 heterocycles. The third-order valence-electron chi connectivity index (χ3n) is 3.76. The van der Waals surface area contributed by atoms with E-state index in [-0.39, 0.29) is 5.91 Å². The Morgan fingerprint density at radius 3 is 1.22 bits per heavy atom. The van der Waals surface area contributed by atoms with E-state index in [9.17, 15) is 4.79 Å². The molecule has 3 aromatic rings. The monoisotopic (exact) mass is 320 g/mol. The number of carbonyl (C=O) groups excluding carboxylic acids is 1. The van der Waals surface area contributed by atoms with Crippen LogP contribution < -0.4 is 21.0 Å². The van der Waals surface area contributed by atoms with Gasteiger partial charge in [0.25, 0.3) is 0 Å². The molecule has 0 aliphatic carbocycles. The quantitative estimate of drug-likeness (QED) is 0.736. The summed E-state index contributed by atoms with van der Waals surface area (Å²) in [6, 6.07) is 30.8. The molecule has 2 nitrogen and oxygen atoms in total. The first kappa shape index (κ1) is 15.5. The van der Waals surface area contributed by atoms with E-state index in [2.05, 4.69) is 41.5 Å². The van der Waals surface area contributed by atoms with Crippen LogP contribution in [0.4, 0.5) is 0 Å². The van der Waals surface area contributed by atoms with E-state index >= 15 is 0 Å². The largest absolute Gasteiger partial charge is 0.272 e. The second kappa shape index (κ2) is 6.76. The Morgan fingerprint density at radius 2 is 0.957 bits per heavy atom. The summed E-state index contributed by atoms with van der Waals surface area (Å²) in [5.74, 6) is -0.0186. The minimum Gasteiger partial charge on any atom is -0.272 e. The molecule has 3 rings (SSSR count). The summed E-state index contributed by atoms with van der Waals surface area (Å²) in [6.07, 6.45) is 0. The fourth-order valence-electron chi connectivity index (χ4n) is 2.83. The van der Waals surface area contributed by atoms with Gasteiger partial charge in [0.2, 0.25) is 13.3 Å². The smallest absolute Gasteiger partial charge is 0.249 e. The summed E-state index contributed by atoms with van der Waals surface area (Å²) >= 11 is 0. The van der Waals surface area contributed by atoms with Crippen LogP contribution in [-0.2, 0) is 4.79 Å². The summed E-state index contributed by atoms with van der Waals surface area (Å²) in [6.45, 7) is 1.59. The first-order valence-electron chi connectivity index (χ1n) is 7.58. The van der Waals surface area contributed by atoms with Gasteiger partial charge in [-0.25, -0.2) is 5.09 Å². The Morgan fingerprint density at radius 1 is 0.652 bits per heavy atom. The summed E-state index contributed by atoms with van der Waals surface area (Å²) in [7, 11) is -2.21. The highest BCUT2D eigenvalue weighted by Gasteiger charge is 2.46. The Hall–Kier alpha value is -2.44. The first-order valence-corrected chi connectivity index (χ1v) is 9.37. The predicted molar refractivity (Wildman–Crippen MR) is 99.0 cm³/mol. The number of benzene rings is 3. The fraction of sp³-hybridized carbons (Fsp3) is 0.0500. The molecule has 0 aliphatic rings. The molecule has 0 bridgehead atoms. The second-order valence-corrected chi connectivity index (χ2v) is 8.46. The lowest BCUT2D eigenvalue weighted by atomic mass is 10.4. The van der Waals surface area contributed by atoms with E-state index < -0.39 is 7.41 Å². The van der Waals surface area contributed by atoms with Gasteiger partial charge in [0, 0.05) is 6.92 Å². The van der Waals surface area contributed by atoms with Gasteiger partial charge in [-0.2, -0.15) is 0 Å². The van der Waals surface area contributed by atoms with Crippen molar-refractivity contribution >= 4 is 29.2 Å². The summed E-state index contributed by atoms with van der Waals surface area (Å²) < 4.78 is 0. The molecule has 0 unspecified atom stereocenters. The van der Waals surface area contributed by atoms with Gasteiger partial charge >= 0.3 is 0 Å². The topological polar surface area (TPSA) is 29.1 Å². The molecule has 0 saturated carbocycles. The molecule has 1 amide bonds. The number of hydrogen-bond acceptors (Lipinski definition) is 1. The van der Waals surface area contributed by atoms with Crippen molar-refractivity contribution in [2.45, 2.75) is 6.92 Å². The maximum atomic E-state index is 12.1. The maximum Gasteiger partial charge on any atom is 0.249 e. The lowest BCUT2D eigenvalue weighted by molar-refractivity contribution is -0.117. The summed E-state index contributed by atoms with van der Waals surface area (Å²) in [5, 5.41) is 6.75. The zero-order chi connectivity index (χ0) is 16.1. The molecule has 0 aromatic heterocycles. The van der Waals surface area contributed by atoms with Crippen LogP contribution in [0.2, 0.25) is 0 Å². The molecule has 1 N–H and O–H groups in total. The number of nitrogens with one attached hydrogen (secondary N) is 1. The van der Waals surface area contributed by atoms with Crippen LogP contribution >= 0.6 is 7.41 Å². The molecule has 0 spiro atoms. The van der Waals surface area contributed by atoms with Crippen molar-refractivity contribution in [3.63, 3.8) is 0 Å². The zero-order valence-corrected chi connectivity index (χ0v) is 13.9. The number of amides is 1. The van der Waals surface area contributed by atoms with Crippen molar-refractivity contribution in [1.82, 2.24) is 5.09 Å². The number of carbonyl (C=O) groups is 1. The van der Waals surface area contributed by atoms with Crippen LogP contribution in [0.5, 0.6) is 0 Å². The second-order valence-electron chi connectivity index (χ2n) is 5.35. The van der Waals surface area contributed by atoms with Crippen LogP contribution in [0, 0.1) is 0 Å². The zero-order valence-electron chi connectivity index (χ0n) is 13.0. The van der Waals surface area contributed by atoms with Crippen molar-refractivity contribution in [3.8, 4) is 0 Å². The van der Waals surface area contributed by atoms with Gasteiger partial charge in [0.1, 0.15) is 15.9 Å². The average Bonchev–Trinajstić information content (AvgIpc) is 2.62. The van der Waals surface area contributed by atoms with E-state index in [4.69, 9.17) is 0 Å². The molecule has 0 fully saturated rings. The van der Waals surface area contributed by atoms with Crippen LogP contribution in [0.1, 0.15) is 6.92 Å². The van der Waals surface area contributed by atoms with Crippen LogP contribution in [0.3, 0.4) is 0 Å². The number of hydrogen-bond donors (Lipinski definition) is 1. The SMILES string of the molecule is CC(=O)N[P+](c1ccccc1)(c1ccccc1)c1ccccc1. The summed E-state index contributed by atoms with van der Waals surface area (Å²) in [4.78, 5) is 12.1. The molecular formula is C20H19NOP+. The van der Waals surface area contributed by atoms with E-state index in [1.54, 1.807) is 6.92 Å². The molecule has 0 aliphatic heterocycles. The van der Waals surface area contributed by atoms with Gasteiger partial charge in [-0.05, 0) is 36.4 Å². The predicted octanol–water partition coefficient (Wildman–Crippen LogP) is 3.03. The molecule has 3 aromatic carbocycles. The third-order valence-corrected chi connectivity index (χ3v) is 7.62. The Balaban J connectivity index is 2.32. The van der Waals surface area contributed by atoms with Crippen LogP contribution in [-0.4, -0.2) is 5.91 Å². The Bertz CT molecular complexity index is 676. The molecule has 3 heteroatoms. The average molecular weight is 320 g/mol. The minimum absolute atomic E-state index is 0.0186. The van der Waals surface area contributed by atoms with E-state index in [1.165, 1.54) is 0 Å². The number of rotatable bonds is 4. The van der Waals surface area contributed by atoms with Crippen molar-refractivity contribution in [2.24, 2.45) is 0 Å². The molecule has 0 radical (unpaired) electrons. The Kier molecular flexibility index (Phi) is 4.55. The highest BCUT2D eigenvalue weighted by Crippen LogP contribution is 2.50. The van der Waals surface area contributed by atoms with Crippen molar-refractivity contribution in [2.75, 3.05) is 0 Å². The van der Waals surface area contributed by atoms with Gasteiger partial charge in [-0.3, -0.25) is 4.79 Å². The molecule has 114 valence electrons. The molecular weight excluding hydrogens is 301 g/mol. The van der Waals surface area contributed by atoms with Crippen molar-refractivity contribution in [1.29, 1.82) is 0 Å². The maximum absolute atomic E-state index is 12.1. The van der Waals surface area contributed by atoms with Gasteiger partial charge in [-0.15, -0.1) is 0 Å². The van der Waals surface area contributed by atoms with Gasteiger partial charge < -0.3 is 0 Å². The minimum atomic E-state index is -2.21. The normalized spacial score (nSPS) is 11.0. The van der Waals surface area contributed by atoms with E-state index in [0.717, 1.165) is 15.9 Å². The van der Waals surface area contributed by atoms with Crippen LogP contribution in [0.25, 0.3) is 0 Å². The first-order chi connectivity index (χ1) is 11.2. The lowest BCUT2D eigenvalue weighted by Gasteiger charge is -2.26. The summed E-state index contributed by atoms with van der Waals surface area (Å²) in [5.41, 5.74) is 0. The third kappa shape index (κ3) is 3.04. The van der Waals surface area contributed by atoms with Crippen molar-refractivity contribution in [3.05, 3.63) is 91.0 Å². The van der Waals surface area contributed by atoms with E-state index in [0.29, 0.717) is 0 Å².